The Morgan fingerprint density at radius 1 is 1.10 bits per heavy atom. The highest BCUT2D eigenvalue weighted by Crippen LogP contribution is 2.32. The van der Waals surface area contributed by atoms with Crippen LogP contribution >= 0.6 is 0 Å². The molecular weight excluding hydrogens is 372 g/mol. The van der Waals surface area contributed by atoms with E-state index in [0.717, 1.165) is 53.5 Å². The highest BCUT2D eigenvalue weighted by atomic mass is 19.1. The van der Waals surface area contributed by atoms with Gasteiger partial charge in [-0.05, 0) is 79.3 Å². The lowest BCUT2D eigenvalue weighted by molar-refractivity contribution is -0.134. The SMILES string of the molecule is NCC1CCCCN1C(=O)CCc1c(-c2ccc(F)cc2)[nH]c2ccc(F)cc12. The van der Waals surface area contributed by atoms with Gasteiger partial charge in [-0.25, -0.2) is 8.78 Å². The van der Waals surface area contributed by atoms with Gasteiger partial charge in [0.1, 0.15) is 11.6 Å². The third-order valence-corrected chi connectivity index (χ3v) is 5.81. The second kappa shape index (κ2) is 8.33. The summed E-state index contributed by atoms with van der Waals surface area (Å²) in [4.78, 5) is 18.1. The van der Waals surface area contributed by atoms with Crippen molar-refractivity contribution in [2.45, 2.75) is 38.1 Å². The lowest BCUT2D eigenvalue weighted by Crippen LogP contribution is -2.47. The molecular formula is C23H25F2N3O. The monoisotopic (exact) mass is 397 g/mol. The normalized spacial score (nSPS) is 17.1. The topological polar surface area (TPSA) is 62.1 Å². The van der Waals surface area contributed by atoms with E-state index in [0.29, 0.717) is 19.4 Å². The van der Waals surface area contributed by atoms with E-state index in [2.05, 4.69) is 4.98 Å². The fraction of sp³-hybridized carbons (Fsp3) is 0.348. The summed E-state index contributed by atoms with van der Waals surface area (Å²) in [5.41, 5.74) is 9.13. The van der Waals surface area contributed by atoms with Gasteiger partial charge in [0.05, 0.1) is 0 Å². The molecule has 1 aromatic heterocycles. The smallest absolute Gasteiger partial charge is 0.223 e. The van der Waals surface area contributed by atoms with Gasteiger partial charge in [0.15, 0.2) is 0 Å². The second-order valence-corrected chi connectivity index (χ2v) is 7.65. The average Bonchev–Trinajstić information content (AvgIpc) is 3.10. The van der Waals surface area contributed by atoms with Gasteiger partial charge >= 0.3 is 0 Å². The minimum Gasteiger partial charge on any atom is -0.354 e. The van der Waals surface area contributed by atoms with Crippen molar-refractivity contribution in [2.75, 3.05) is 13.1 Å². The first-order valence-electron chi connectivity index (χ1n) is 10.1. The number of hydrogen-bond donors (Lipinski definition) is 2. The summed E-state index contributed by atoms with van der Waals surface area (Å²) in [5, 5.41) is 0.756. The van der Waals surface area contributed by atoms with Crippen molar-refractivity contribution in [2.24, 2.45) is 5.73 Å². The lowest BCUT2D eigenvalue weighted by atomic mass is 9.98. The number of piperidine rings is 1. The number of aromatic amines is 1. The van der Waals surface area contributed by atoms with Gasteiger partial charge in [-0.2, -0.15) is 0 Å². The number of nitrogens with two attached hydrogens (primary N) is 1. The van der Waals surface area contributed by atoms with Crippen LogP contribution < -0.4 is 5.73 Å². The molecule has 1 saturated heterocycles. The van der Waals surface area contributed by atoms with Crippen molar-refractivity contribution < 1.29 is 13.6 Å². The number of benzene rings is 2. The average molecular weight is 397 g/mol. The van der Waals surface area contributed by atoms with Crippen LogP contribution in [-0.4, -0.2) is 34.9 Å². The summed E-state index contributed by atoms with van der Waals surface area (Å²) >= 11 is 0. The summed E-state index contributed by atoms with van der Waals surface area (Å²) in [6.45, 7) is 1.22. The summed E-state index contributed by atoms with van der Waals surface area (Å²) in [6.07, 6.45) is 3.85. The van der Waals surface area contributed by atoms with Crippen molar-refractivity contribution in [3.8, 4) is 11.3 Å². The van der Waals surface area contributed by atoms with Gasteiger partial charge < -0.3 is 15.6 Å². The van der Waals surface area contributed by atoms with Crippen LogP contribution in [0.25, 0.3) is 22.2 Å². The van der Waals surface area contributed by atoms with E-state index >= 15 is 0 Å². The number of nitrogens with one attached hydrogen (secondary N) is 1. The predicted molar refractivity (Wildman–Crippen MR) is 110 cm³/mol. The zero-order valence-electron chi connectivity index (χ0n) is 16.3. The Balaban J connectivity index is 1.64. The number of carbonyl (C=O) groups excluding carboxylic acids is 1. The maximum atomic E-state index is 13.9. The Kier molecular flexibility index (Phi) is 5.62. The Labute approximate surface area is 168 Å². The number of hydrogen-bond acceptors (Lipinski definition) is 2. The summed E-state index contributed by atoms with van der Waals surface area (Å²) < 4.78 is 27.3. The molecule has 0 saturated carbocycles. The van der Waals surface area contributed by atoms with E-state index in [9.17, 15) is 13.6 Å². The maximum absolute atomic E-state index is 13.9. The fourth-order valence-corrected chi connectivity index (χ4v) is 4.29. The third kappa shape index (κ3) is 4.03. The van der Waals surface area contributed by atoms with Crippen LogP contribution in [0.15, 0.2) is 42.5 Å². The highest BCUT2D eigenvalue weighted by Gasteiger charge is 2.26. The predicted octanol–water partition coefficient (Wildman–Crippen LogP) is 4.39. The van der Waals surface area contributed by atoms with Gasteiger partial charge in [0.2, 0.25) is 5.91 Å². The molecule has 0 bridgehead atoms. The van der Waals surface area contributed by atoms with E-state index in [-0.39, 0.29) is 23.6 Å². The molecule has 1 atom stereocenters. The van der Waals surface area contributed by atoms with E-state index in [4.69, 9.17) is 5.73 Å². The third-order valence-electron chi connectivity index (χ3n) is 5.81. The van der Waals surface area contributed by atoms with Crippen molar-refractivity contribution in [1.82, 2.24) is 9.88 Å². The first-order valence-corrected chi connectivity index (χ1v) is 10.1. The van der Waals surface area contributed by atoms with E-state index < -0.39 is 0 Å². The molecule has 1 fully saturated rings. The van der Waals surface area contributed by atoms with Crippen LogP contribution in [0.2, 0.25) is 0 Å². The van der Waals surface area contributed by atoms with Gasteiger partial charge in [0, 0.05) is 42.1 Å². The van der Waals surface area contributed by atoms with Gasteiger partial charge in [-0.1, -0.05) is 0 Å². The number of H-pyrrole nitrogens is 1. The molecule has 3 aromatic rings. The van der Waals surface area contributed by atoms with Gasteiger partial charge in [-0.15, -0.1) is 0 Å². The number of amides is 1. The largest absolute Gasteiger partial charge is 0.354 e. The van der Waals surface area contributed by atoms with Crippen LogP contribution in [0.3, 0.4) is 0 Å². The molecule has 29 heavy (non-hydrogen) atoms. The Hall–Kier alpha value is -2.73. The van der Waals surface area contributed by atoms with Crippen LogP contribution in [0, 0.1) is 11.6 Å². The Bertz CT molecular complexity index is 1010. The maximum Gasteiger partial charge on any atom is 0.223 e. The Morgan fingerprint density at radius 2 is 1.86 bits per heavy atom. The Morgan fingerprint density at radius 3 is 2.62 bits per heavy atom. The molecule has 2 aromatic carbocycles. The molecule has 1 amide bonds. The van der Waals surface area contributed by atoms with Crippen LogP contribution in [-0.2, 0) is 11.2 Å². The summed E-state index contributed by atoms with van der Waals surface area (Å²) in [5.74, 6) is -0.560. The molecule has 1 aliphatic heterocycles. The summed E-state index contributed by atoms with van der Waals surface area (Å²) in [7, 11) is 0. The molecule has 4 rings (SSSR count). The van der Waals surface area contributed by atoms with Crippen molar-refractivity contribution >= 4 is 16.8 Å². The van der Waals surface area contributed by atoms with E-state index in [1.165, 1.54) is 24.3 Å². The number of aryl methyl sites for hydroxylation is 1. The van der Waals surface area contributed by atoms with Crippen LogP contribution in [0.5, 0.6) is 0 Å². The molecule has 152 valence electrons. The highest BCUT2D eigenvalue weighted by molar-refractivity contribution is 5.91. The number of halogens is 2. The van der Waals surface area contributed by atoms with Gasteiger partial charge in [-0.3, -0.25) is 4.79 Å². The molecule has 3 N–H and O–H groups in total. The van der Waals surface area contributed by atoms with Crippen LogP contribution in [0.1, 0.15) is 31.2 Å². The van der Waals surface area contributed by atoms with Crippen LogP contribution in [0.4, 0.5) is 8.78 Å². The van der Waals surface area contributed by atoms with E-state index in [1.807, 2.05) is 4.90 Å². The zero-order chi connectivity index (χ0) is 20.4. The minimum atomic E-state index is -0.325. The molecule has 1 aliphatic rings. The fourth-order valence-electron chi connectivity index (χ4n) is 4.29. The first-order chi connectivity index (χ1) is 14.1. The zero-order valence-corrected chi connectivity index (χ0v) is 16.3. The molecule has 0 spiro atoms. The molecule has 4 nitrogen and oxygen atoms in total. The van der Waals surface area contributed by atoms with Crippen molar-refractivity contribution in [3.05, 3.63) is 59.7 Å². The van der Waals surface area contributed by atoms with Gasteiger partial charge in [0.25, 0.3) is 0 Å². The summed E-state index contributed by atoms with van der Waals surface area (Å²) in [6, 6.07) is 10.9. The number of carbonyl (C=O) groups is 1. The number of aromatic nitrogens is 1. The number of likely N-dealkylation sites (tertiary alicyclic amines) is 1. The number of rotatable bonds is 5. The van der Waals surface area contributed by atoms with E-state index in [1.54, 1.807) is 18.2 Å². The standard InChI is InChI=1S/C23H25F2N3O/c24-16-6-4-15(5-7-16)23-19(20-13-17(25)8-10-21(20)27-23)9-11-22(29)28-12-2-1-3-18(28)14-26/h4-8,10,13,18,27H,1-3,9,11-12,14,26H2. The number of fused-ring (bicyclic) bond motifs is 1. The molecule has 0 aliphatic carbocycles. The molecule has 6 heteroatoms. The molecule has 2 heterocycles. The molecule has 0 radical (unpaired) electrons. The number of nitrogens with zero attached hydrogens (tertiary/aromatic N) is 1. The van der Waals surface area contributed by atoms with Crippen molar-refractivity contribution in [1.29, 1.82) is 0 Å². The minimum absolute atomic E-state index is 0.0796. The quantitative estimate of drug-likeness (QED) is 0.671. The second-order valence-electron chi connectivity index (χ2n) is 7.65. The lowest BCUT2D eigenvalue weighted by Gasteiger charge is -2.35. The molecule has 1 unspecified atom stereocenters. The van der Waals surface area contributed by atoms with Crippen molar-refractivity contribution in [3.63, 3.8) is 0 Å². The first kappa shape index (κ1) is 19.6.